The van der Waals surface area contributed by atoms with Gasteiger partial charge >= 0.3 is 0 Å². The number of carbonyl (C=O) groups is 1. The molecular weight excluding hydrogens is 184 g/mol. The van der Waals surface area contributed by atoms with Gasteiger partial charge in [0.25, 0.3) is 0 Å². The van der Waals surface area contributed by atoms with Gasteiger partial charge in [0.2, 0.25) is 0 Å². The number of rotatable bonds is 0. The van der Waals surface area contributed by atoms with Crippen LogP contribution in [0, 0.1) is 22.7 Å². The fourth-order valence-corrected chi connectivity index (χ4v) is 3.45. The summed E-state index contributed by atoms with van der Waals surface area (Å²) in [6, 6.07) is 0. The molecule has 1 fully saturated rings. The number of ketones is 1. The van der Waals surface area contributed by atoms with Crippen molar-refractivity contribution in [3.63, 3.8) is 0 Å². The first-order valence-corrected chi connectivity index (χ1v) is 6.04. The van der Waals surface area contributed by atoms with Gasteiger partial charge in [0, 0.05) is 11.8 Å². The summed E-state index contributed by atoms with van der Waals surface area (Å²) in [5.74, 6) is 1.71. The topological polar surface area (TPSA) is 17.1 Å². The molecule has 0 heterocycles. The highest BCUT2D eigenvalue weighted by Gasteiger charge is 2.51. The van der Waals surface area contributed by atoms with Gasteiger partial charge in [0.15, 0.2) is 0 Å². The van der Waals surface area contributed by atoms with Crippen molar-refractivity contribution >= 4 is 5.78 Å². The molecule has 0 bridgehead atoms. The number of carbonyl (C=O) groups excluding carboxylic acids is 1. The van der Waals surface area contributed by atoms with Gasteiger partial charge in [-0.3, -0.25) is 4.79 Å². The van der Waals surface area contributed by atoms with Crippen LogP contribution in [-0.4, -0.2) is 5.78 Å². The Balaban J connectivity index is 2.38. The maximum atomic E-state index is 12.2. The molecule has 0 N–H and O–H groups in total. The van der Waals surface area contributed by atoms with Crippen molar-refractivity contribution in [1.29, 1.82) is 0 Å². The molecule has 1 nitrogen and oxygen atoms in total. The largest absolute Gasteiger partial charge is 0.299 e. The van der Waals surface area contributed by atoms with Crippen LogP contribution in [0.5, 0.6) is 0 Å². The Morgan fingerprint density at radius 3 is 2.20 bits per heavy atom. The SMILES string of the molecule is CC1(C)CC(=O)C(C)(C)[C@H]2CC=CC[C@@H]21. The first-order chi connectivity index (χ1) is 6.86. The van der Waals surface area contributed by atoms with Crippen LogP contribution < -0.4 is 0 Å². The van der Waals surface area contributed by atoms with E-state index in [4.69, 9.17) is 0 Å². The van der Waals surface area contributed by atoms with E-state index in [1.54, 1.807) is 0 Å². The minimum absolute atomic E-state index is 0.106. The molecule has 0 amide bonds. The maximum absolute atomic E-state index is 12.2. The summed E-state index contributed by atoms with van der Waals surface area (Å²) < 4.78 is 0. The van der Waals surface area contributed by atoms with Gasteiger partial charge in [-0.2, -0.15) is 0 Å². The Morgan fingerprint density at radius 2 is 1.60 bits per heavy atom. The fraction of sp³-hybridized carbons (Fsp3) is 0.786. The Kier molecular flexibility index (Phi) is 2.33. The molecule has 1 saturated carbocycles. The van der Waals surface area contributed by atoms with Gasteiger partial charge in [-0.05, 0) is 30.1 Å². The first-order valence-electron chi connectivity index (χ1n) is 6.04. The van der Waals surface area contributed by atoms with E-state index in [1.165, 1.54) is 0 Å². The van der Waals surface area contributed by atoms with Crippen LogP contribution in [0.25, 0.3) is 0 Å². The van der Waals surface area contributed by atoms with Crippen LogP contribution in [0.4, 0.5) is 0 Å². The van der Waals surface area contributed by atoms with Crippen LogP contribution in [-0.2, 0) is 4.79 Å². The molecule has 2 atom stereocenters. The lowest BCUT2D eigenvalue weighted by atomic mass is 9.51. The lowest BCUT2D eigenvalue weighted by Gasteiger charge is -2.52. The quantitative estimate of drug-likeness (QED) is 0.553. The van der Waals surface area contributed by atoms with Gasteiger partial charge in [0.05, 0.1) is 0 Å². The zero-order valence-electron chi connectivity index (χ0n) is 10.3. The molecule has 15 heavy (non-hydrogen) atoms. The summed E-state index contributed by atoms with van der Waals surface area (Å²) in [6.45, 7) is 8.80. The Bertz CT molecular complexity index is 309. The van der Waals surface area contributed by atoms with Crippen LogP contribution in [0.2, 0.25) is 0 Å². The van der Waals surface area contributed by atoms with Crippen molar-refractivity contribution in [3.8, 4) is 0 Å². The van der Waals surface area contributed by atoms with E-state index in [0.29, 0.717) is 17.6 Å². The van der Waals surface area contributed by atoms with E-state index >= 15 is 0 Å². The van der Waals surface area contributed by atoms with Gasteiger partial charge < -0.3 is 0 Å². The smallest absolute Gasteiger partial charge is 0.139 e. The van der Waals surface area contributed by atoms with Gasteiger partial charge in [-0.25, -0.2) is 0 Å². The molecule has 0 unspecified atom stereocenters. The molecule has 0 aliphatic heterocycles. The molecule has 0 aromatic heterocycles. The molecule has 0 aromatic rings. The van der Waals surface area contributed by atoms with E-state index < -0.39 is 0 Å². The van der Waals surface area contributed by atoms with E-state index in [9.17, 15) is 4.79 Å². The Hall–Kier alpha value is -0.590. The van der Waals surface area contributed by atoms with Gasteiger partial charge in [-0.1, -0.05) is 39.8 Å². The summed E-state index contributed by atoms with van der Waals surface area (Å²) >= 11 is 0. The third kappa shape index (κ3) is 1.56. The number of hydrogen-bond acceptors (Lipinski definition) is 1. The van der Waals surface area contributed by atoms with Crippen molar-refractivity contribution in [2.75, 3.05) is 0 Å². The fourth-order valence-electron chi connectivity index (χ4n) is 3.45. The highest BCUT2D eigenvalue weighted by atomic mass is 16.1. The van der Waals surface area contributed by atoms with Crippen molar-refractivity contribution in [2.45, 2.75) is 47.0 Å². The van der Waals surface area contributed by atoms with E-state index in [2.05, 4.69) is 39.8 Å². The molecule has 0 spiro atoms. The predicted octanol–water partition coefficient (Wildman–Crippen LogP) is 3.59. The van der Waals surface area contributed by atoms with Crippen LogP contribution in [0.1, 0.15) is 47.0 Å². The second-order valence-corrected chi connectivity index (χ2v) is 6.47. The summed E-state index contributed by atoms with van der Waals surface area (Å²) in [5, 5.41) is 0. The Labute approximate surface area is 92.9 Å². The molecule has 0 saturated heterocycles. The van der Waals surface area contributed by atoms with Crippen molar-refractivity contribution in [3.05, 3.63) is 12.2 Å². The average Bonchev–Trinajstić information content (AvgIpc) is 2.15. The number of fused-ring (bicyclic) bond motifs is 1. The van der Waals surface area contributed by atoms with E-state index in [-0.39, 0.29) is 10.8 Å². The number of hydrogen-bond donors (Lipinski definition) is 0. The summed E-state index contributed by atoms with van der Waals surface area (Å²) in [5.41, 5.74) is 0.0903. The lowest BCUT2D eigenvalue weighted by Crippen LogP contribution is -2.50. The predicted molar refractivity (Wildman–Crippen MR) is 62.5 cm³/mol. The van der Waals surface area contributed by atoms with Crippen molar-refractivity contribution < 1.29 is 4.79 Å². The third-order valence-corrected chi connectivity index (χ3v) is 4.70. The summed E-state index contributed by atoms with van der Waals surface area (Å²) in [7, 11) is 0. The zero-order valence-corrected chi connectivity index (χ0v) is 10.3. The normalized spacial score (nSPS) is 37.5. The highest BCUT2D eigenvalue weighted by Crippen LogP contribution is 2.54. The van der Waals surface area contributed by atoms with Crippen LogP contribution in [0.3, 0.4) is 0 Å². The summed E-state index contributed by atoms with van der Waals surface area (Å²) in [4.78, 5) is 12.2. The first kappa shape index (κ1) is 10.9. The van der Waals surface area contributed by atoms with Crippen LogP contribution >= 0.6 is 0 Å². The van der Waals surface area contributed by atoms with Crippen molar-refractivity contribution in [2.24, 2.45) is 22.7 Å². The van der Waals surface area contributed by atoms with E-state index in [1.807, 2.05) is 0 Å². The number of allylic oxidation sites excluding steroid dienone is 2. The molecule has 2 aliphatic carbocycles. The second kappa shape index (κ2) is 3.20. The highest BCUT2D eigenvalue weighted by molar-refractivity contribution is 5.86. The average molecular weight is 206 g/mol. The molecule has 0 aromatic carbocycles. The molecule has 1 heteroatoms. The minimum atomic E-state index is -0.106. The van der Waals surface area contributed by atoms with Gasteiger partial charge in [-0.15, -0.1) is 0 Å². The monoisotopic (exact) mass is 206 g/mol. The molecule has 84 valence electrons. The lowest BCUT2D eigenvalue weighted by molar-refractivity contribution is -0.143. The Morgan fingerprint density at radius 1 is 1.07 bits per heavy atom. The van der Waals surface area contributed by atoms with Crippen LogP contribution in [0.15, 0.2) is 12.2 Å². The molecule has 2 aliphatic rings. The zero-order chi connectivity index (χ0) is 11.3. The molecule has 2 rings (SSSR count). The second-order valence-electron chi connectivity index (χ2n) is 6.47. The molecular formula is C14H22O. The minimum Gasteiger partial charge on any atom is -0.299 e. The molecule has 0 radical (unpaired) electrons. The maximum Gasteiger partial charge on any atom is 0.139 e. The van der Waals surface area contributed by atoms with E-state index in [0.717, 1.165) is 19.3 Å². The number of Topliss-reactive ketones (excluding diaryl/α,β-unsaturated/α-hetero) is 1. The third-order valence-electron chi connectivity index (χ3n) is 4.70. The standard InChI is InChI=1S/C14H22O/c1-13(2)9-12(15)14(3,4)11-8-6-5-7-10(11)13/h5-6,10-11H,7-9H2,1-4H3/t10-,11-/m0/s1. The summed E-state index contributed by atoms with van der Waals surface area (Å²) in [6.07, 6.45) is 7.57. The van der Waals surface area contributed by atoms with Crippen molar-refractivity contribution in [1.82, 2.24) is 0 Å². The van der Waals surface area contributed by atoms with Gasteiger partial charge in [0.1, 0.15) is 5.78 Å².